The van der Waals surface area contributed by atoms with E-state index in [1.54, 1.807) is 0 Å². The molecule has 1 fully saturated rings. The fourth-order valence-corrected chi connectivity index (χ4v) is 3.52. The normalized spacial score (nSPS) is 17.4. The molecule has 1 atom stereocenters. The molecule has 134 valence electrons. The average Bonchev–Trinajstić information content (AvgIpc) is 3.25. The first-order chi connectivity index (χ1) is 12.0. The van der Waals surface area contributed by atoms with Crippen LogP contribution in [0.4, 0.5) is 0 Å². The molecule has 1 unspecified atom stereocenters. The Morgan fingerprint density at radius 3 is 2.68 bits per heavy atom. The van der Waals surface area contributed by atoms with Crippen molar-refractivity contribution in [3.8, 4) is 0 Å². The van der Waals surface area contributed by atoms with Crippen molar-refractivity contribution >= 4 is 22.7 Å². The summed E-state index contributed by atoms with van der Waals surface area (Å²) < 4.78 is 0. The molecule has 5 heteroatoms. The number of aromatic amines is 1. The van der Waals surface area contributed by atoms with Crippen molar-refractivity contribution in [2.24, 2.45) is 0 Å². The van der Waals surface area contributed by atoms with Gasteiger partial charge in [0.15, 0.2) is 0 Å². The van der Waals surface area contributed by atoms with Gasteiger partial charge in [-0.05, 0) is 37.8 Å². The predicted molar refractivity (Wildman–Crippen MR) is 99.2 cm³/mol. The highest BCUT2D eigenvalue weighted by Gasteiger charge is 2.34. The molecule has 1 aromatic heterocycles. The van der Waals surface area contributed by atoms with Gasteiger partial charge in [0.2, 0.25) is 11.8 Å². The SMILES string of the molecule is CCC(C)(NC(=O)Cc1c[nH]c2ccccc12)C(=O)NC1CCCC1. The molecule has 0 radical (unpaired) electrons. The maximum Gasteiger partial charge on any atom is 0.245 e. The van der Waals surface area contributed by atoms with Crippen LogP contribution in [0.2, 0.25) is 0 Å². The third kappa shape index (κ3) is 3.86. The smallest absolute Gasteiger partial charge is 0.245 e. The number of aromatic nitrogens is 1. The summed E-state index contributed by atoms with van der Waals surface area (Å²) in [4.78, 5) is 28.4. The molecule has 1 aliphatic rings. The molecule has 1 aromatic carbocycles. The van der Waals surface area contributed by atoms with Gasteiger partial charge in [0, 0.05) is 23.1 Å². The zero-order valence-electron chi connectivity index (χ0n) is 15.0. The van der Waals surface area contributed by atoms with Gasteiger partial charge >= 0.3 is 0 Å². The lowest BCUT2D eigenvalue weighted by Crippen LogP contribution is -2.58. The summed E-state index contributed by atoms with van der Waals surface area (Å²) in [6.45, 7) is 3.74. The average molecular weight is 341 g/mol. The van der Waals surface area contributed by atoms with Gasteiger partial charge < -0.3 is 15.6 Å². The van der Waals surface area contributed by atoms with Gasteiger partial charge in [0.25, 0.3) is 0 Å². The van der Waals surface area contributed by atoms with Crippen molar-refractivity contribution in [2.45, 2.75) is 64.0 Å². The molecule has 1 heterocycles. The van der Waals surface area contributed by atoms with Gasteiger partial charge in [0.1, 0.15) is 5.54 Å². The van der Waals surface area contributed by atoms with E-state index in [9.17, 15) is 9.59 Å². The van der Waals surface area contributed by atoms with Crippen LogP contribution in [-0.4, -0.2) is 28.4 Å². The highest BCUT2D eigenvalue weighted by molar-refractivity contribution is 5.93. The Bertz CT molecular complexity index is 761. The summed E-state index contributed by atoms with van der Waals surface area (Å²) in [7, 11) is 0. The summed E-state index contributed by atoms with van der Waals surface area (Å²) >= 11 is 0. The zero-order chi connectivity index (χ0) is 17.9. The standard InChI is InChI=1S/C20H27N3O2/c1-3-20(2,19(25)22-15-8-4-5-9-15)23-18(24)12-14-13-21-17-11-7-6-10-16(14)17/h6-7,10-11,13,15,21H,3-5,8-9,12H2,1-2H3,(H,22,25)(H,23,24). The second-order valence-corrected chi connectivity index (χ2v) is 7.22. The van der Waals surface area contributed by atoms with Crippen LogP contribution < -0.4 is 10.6 Å². The molecule has 3 N–H and O–H groups in total. The van der Waals surface area contributed by atoms with E-state index < -0.39 is 5.54 Å². The van der Waals surface area contributed by atoms with Gasteiger partial charge in [-0.1, -0.05) is 38.0 Å². The lowest BCUT2D eigenvalue weighted by atomic mass is 9.96. The van der Waals surface area contributed by atoms with Crippen LogP contribution in [0.1, 0.15) is 51.5 Å². The Labute approximate surface area is 148 Å². The van der Waals surface area contributed by atoms with Crippen molar-refractivity contribution in [3.63, 3.8) is 0 Å². The molecule has 0 saturated heterocycles. The van der Waals surface area contributed by atoms with Crippen molar-refractivity contribution in [3.05, 3.63) is 36.0 Å². The molecule has 1 saturated carbocycles. The lowest BCUT2D eigenvalue weighted by molar-refractivity contribution is -0.133. The Morgan fingerprint density at radius 1 is 1.24 bits per heavy atom. The maximum atomic E-state index is 12.7. The van der Waals surface area contributed by atoms with Crippen LogP contribution in [0.5, 0.6) is 0 Å². The number of benzene rings is 1. The van der Waals surface area contributed by atoms with Gasteiger partial charge in [0.05, 0.1) is 6.42 Å². The number of H-pyrrole nitrogens is 1. The molecule has 5 nitrogen and oxygen atoms in total. The highest BCUT2D eigenvalue weighted by atomic mass is 16.2. The van der Waals surface area contributed by atoms with Gasteiger partial charge in [-0.2, -0.15) is 0 Å². The fraction of sp³-hybridized carbons (Fsp3) is 0.500. The maximum absolute atomic E-state index is 12.7. The molecule has 3 rings (SSSR count). The molecule has 0 aliphatic heterocycles. The van der Waals surface area contributed by atoms with Crippen molar-refractivity contribution in [1.82, 2.24) is 15.6 Å². The van der Waals surface area contributed by atoms with E-state index in [2.05, 4.69) is 15.6 Å². The van der Waals surface area contributed by atoms with Crippen LogP contribution in [0, 0.1) is 0 Å². The number of fused-ring (bicyclic) bond motifs is 1. The van der Waals surface area contributed by atoms with E-state index in [1.807, 2.05) is 44.3 Å². The molecule has 0 spiro atoms. The van der Waals surface area contributed by atoms with Crippen molar-refractivity contribution < 1.29 is 9.59 Å². The van der Waals surface area contributed by atoms with E-state index in [4.69, 9.17) is 0 Å². The third-order valence-electron chi connectivity index (χ3n) is 5.34. The molecular formula is C20H27N3O2. The predicted octanol–water partition coefficient (Wildman–Crippen LogP) is 3.05. The van der Waals surface area contributed by atoms with E-state index >= 15 is 0 Å². The third-order valence-corrected chi connectivity index (χ3v) is 5.34. The topological polar surface area (TPSA) is 74.0 Å². The largest absolute Gasteiger partial charge is 0.361 e. The first-order valence-corrected chi connectivity index (χ1v) is 9.19. The second kappa shape index (κ2) is 7.30. The molecule has 1 aliphatic carbocycles. The molecule has 0 bridgehead atoms. The second-order valence-electron chi connectivity index (χ2n) is 7.22. The van der Waals surface area contributed by atoms with E-state index in [1.165, 1.54) is 12.8 Å². The number of hydrogen-bond acceptors (Lipinski definition) is 2. The quantitative estimate of drug-likeness (QED) is 0.755. The summed E-state index contributed by atoms with van der Waals surface area (Å²) in [5.74, 6) is -0.204. The minimum atomic E-state index is -0.869. The van der Waals surface area contributed by atoms with Gasteiger partial charge in [-0.3, -0.25) is 9.59 Å². The number of carbonyl (C=O) groups is 2. The van der Waals surface area contributed by atoms with E-state index in [0.29, 0.717) is 6.42 Å². The Balaban J connectivity index is 1.65. The number of para-hydroxylation sites is 1. The zero-order valence-corrected chi connectivity index (χ0v) is 15.0. The summed E-state index contributed by atoms with van der Waals surface area (Å²) in [6, 6.07) is 8.17. The van der Waals surface area contributed by atoms with Crippen LogP contribution in [0.15, 0.2) is 30.5 Å². The molecule has 25 heavy (non-hydrogen) atoms. The molecule has 2 aromatic rings. The summed E-state index contributed by atoms with van der Waals surface area (Å²) in [5.41, 5.74) is 1.09. The first-order valence-electron chi connectivity index (χ1n) is 9.19. The lowest BCUT2D eigenvalue weighted by Gasteiger charge is -2.30. The van der Waals surface area contributed by atoms with Crippen LogP contribution >= 0.6 is 0 Å². The Morgan fingerprint density at radius 2 is 1.96 bits per heavy atom. The van der Waals surface area contributed by atoms with Crippen LogP contribution in [0.25, 0.3) is 10.9 Å². The summed E-state index contributed by atoms with van der Waals surface area (Å²) in [6.07, 6.45) is 7.10. The van der Waals surface area contributed by atoms with E-state index in [-0.39, 0.29) is 24.3 Å². The Kier molecular flexibility index (Phi) is 5.11. The monoisotopic (exact) mass is 341 g/mol. The van der Waals surface area contributed by atoms with Crippen LogP contribution in [0.3, 0.4) is 0 Å². The van der Waals surface area contributed by atoms with Crippen molar-refractivity contribution in [1.29, 1.82) is 0 Å². The first kappa shape index (κ1) is 17.5. The molecule has 2 amide bonds. The fourth-order valence-electron chi connectivity index (χ4n) is 3.52. The number of nitrogens with one attached hydrogen (secondary N) is 3. The van der Waals surface area contributed by atoms with E-state index in [0.717, 1.165) is 29.3 Å². The minimum absolute atomic E-state index is 0.0748. The Hall–Kier alpha value is -2.30. The number of rotatable bonds is 6. The number of hydrogen-bond donors (Lipinski definition) is 3. The minimum Gasteiger partial charge on any atom is -0.361 e. The number of amides is 2. The van der Waals surface area contributed by atoms with Gasteiger partial charge in [-0.15, -0.1) is 0 Å². The van der Waals surface area contributed by atoms with Gasteiger partial charge in [-0.25, -0.2) is 0 Å². The van der Waals surface area contributed by atoms with Crippen molar-refractivity contribution in [2.75, 3.05) is 0 Å². The molecular weight excluding hydrogens is 314 g/mol. The van der Waals surface area contributed by atoms with Crippen LogP contribution in [-0.2, 0) is 16.0 Å². The summed E-state index contributed by atoms with van der Waals surface area (Å²) in [5, 5.41) is 7.11. The number of carbonyl (C=O) groups excluding carboxylic acids is 2. The highest BCUT2D eigenvalue weighted by Crippen LogP contribution is 2.21.